The predicted molar refractivity (Wildman–Crippen MR) is 116 cm³/mol. The fraction of sp³-hybridized carbons (Fsp3) is 0.174. The summed E-state index contributed by atoms with van der Waals surface area (Å²) in [5.41, 5.74) is 1.60. The van der Waals surface area contributed by atoms with Crippen LogP contribution in [0.25, 0.3) is 22.2 Å². The molecule has 1 saturated heterocycles. The number of benzene rings is 1. The summed E-state index contributed by atoms with van der Waals surface area (Å²) in [6.07, 6.45) is 3.35. The molecule has 9 heteroatoms. The molecule has 4 aromatic rings. The number of hydrogen-bond acceptors (Lipinski definition) is 6. The van der Waals surface area contributed by atoms with Gasteiger partial charge in [-0.3, -0.25) is 19.7 Å². The molecule has 0 spiro atoms. The number of hydrogen-bond donors (Lipinski definition) is 1. The summed E-state index contributed by atoms with van der Waals surface area (Å²) in [7, 11) is 0. The van der Waals surface area contributed by atoms with Crippen molar-refractivity contribution in [3.63, 3.8) is 0 Å². The van der Waals surface area contributed by atoms with Crippen molar-refractivity contribution in [3.8, 4) is 11.3 Å². The number of aromatic nitrogens is 3. The van der Waals surface area contributed by atoms with Gasteiger partial charge in [0.05, 0.1) is 5.69 Å². The first-order chi connectivity index (χ1) is 15.6. The molecule has 1 aliphatic heterocycles. The number of nitrogens with one attached hydrogen (secondary N) is 1. The Morgan fingerprint density at radius 3 is 2.44 bits per heavy atom. The Labute approximate surface area is 182 Å². The van der Waals surface area contributed by atoms with Gasteiger partial charge < -0.3 is 14.2 Å². The summed E-state index contributed by atoms with van der Waals surface area (Å²) in [6, 6.07) is 14.0. The third-order valence-corrected chi connectivity index (χ3v) is 5.49. The smallest absolute Gasteiger partial charge is 0.349 e. The highest BCUT2D eigenvalue weighted by Crippen LogP contribution is 2.18. The molecule has 5 rings (SSSR count). The van der Waals surface area contributed by atoms with Crippen molar-refractivity contribution in [2.75, 3.05) is 26.2 Å². The zero-order valence-electron chi connectivity index (χ0n) is 17.0. The molecule has 1 aliphatic rings. The maximum absolute atomic E-state index is 12.9. The van der Waals surface area contributed by atoms with Crippen LogP contribution in [-0.4, -0.2) is 63.0 Å². The van der Waals surface area contributed by atoms with Crippen molar-refractivity contribution in [2.45, 2.75) is 0 Å². The van der Waals surface area contributed by atoms with Crippen LogP contribution in [0.3, 0.4) is 0 Å². The number of H-pyrrole nitrogens is 1. The van der Waals surface area contributed by atoms with Crippen molar-refractivity contribution < 1.29 is 14.0 Å². The van der Waals surface area contributed by atoms with Crippen LogP contribution in [-0.2, 0) is 0 Å². The second-order valence-corrected chi connectivity index (χ2v) is 7.48. The van der Waals surface area contributed by atoms with Gasteiger partial charge in [-0.05, 0) is 30.3 Å². The number of carbonyl (C=O) groups is 2. The van der Waals surface area contributed by atoms with Crippen molar-refractivity contribution in [1.82, 2.24) is 25.0 Å². The van der Waals surface area contributed by atoms with E-state index < -0.39 is 11.5 Å². The second-order valence-electron chi connectivity index (χ2n) is 7.48. The minimum Gasteiger partial charge on any atom is -0.422 e. The Hall–Kier alpha value is -4.27. The van der Waals surface area contributed by atoms with Gasteiger partial charge in [-0.15, -0.1) is 0 Å². The van der Waals surface area contributed by atoms with E-state index in [-0.39, 0.29) is 11.5 Å². The summed E-state index contributed by atoms with van der Waals surface area (Å²) >= 11 is 0. The van der Waals surface area contributed by atoms with Gasteiger partial charge in [0.15, 0.2) is 0 Å². The van der Waals surface area contributed by atoms with Gasteiger partial charge in [0, 0.05) is 49.5 Å². The normalized spacial score (nSPS) is 14.0. The lowest BCUT2D eigenvalue weighted by atomic mass is 10.1. The number of nitrogens with zero attached hydrogens (tertiary/aromatic N) is 4. The molecule has 4 heterocycles. The average Bonchev–Trinajstić information content (AvgIpc) is 3.34. The maximum atomic E-state index is 12.9. The number of piperazine rings is 1. The summed E-state index contributed by atoms with van der Waals surface area (Å²) in [4.78, 5) is 45.4. The van der Waals surface area contributed by atoms with Gasteiger partial charge >= 0.3 is 5.63 Å². The molecule has 9 nitrogen and oxygen atoms in total. The minimum absolute atomic E-state index is 0.00171. The molecule has 32 heavy (non-hydrogen) atoms. The van der Waals surface area contributed by atoms with Gasteiger partial charge in [-0.25, -0.2) is 4.79 Å². The van der Waals surface area contributed by atoms with E-state index in [1.165, 1.54) is 0 Å². The lowest BCUT2D eigenvalue weighted by Crippen LogP contribution is -2.51. The number of carbonyl (C=O) groups excluding carboxylic acids is 2. The minimum atomic E-state index is -0.660. The molecule has 1 fully saturated rings. The van der Waals surface area contributed by atoms with Gasteiger partial charge in [-0.1, -0.05) is 18.2 Å². The van der Waals surface area contributed by atoms with Gasteiger partial charge in [-0.2, -0.15) is 5.10 Å². The van der Waals surface area contributed by atoms with Gasteiger partial charge in [0.1, 0.15) is 16.8 Å². The number of amides is 2. The lowest BCUT2D eigenvalue weighted by Gasteiger charge is -2.34. The molecule has 1 aromatic carbocycles. The first-order valence-corrected chi connectivity index (χ1v) is 10.2. The molecule has 160 valence electrons. The highest BCUT2D eigenvalue weighted by molar-refractivity contribution is 5.97. The number of para-hydroxylation sites is 1. The molecule has 0 atom stereocenters. The molecule has 0 aliphatic carbocycles. The van der Waals surface area contributed by atoms with E-state index in [2.05, 4.69) is 15.2 Å². The highest BCUT2D eigenvalue weighted by atomic mass is 16.4. The Kier molecular flexibility index (Phi) is 4.98. The van der Waals surface area contributed by atoms with Crippen molar-refractivity contribution in [3.05, 3.63) is 82.6 Å². The van der Waals surface area contributed by atoms with Crippen molar-refractivity contribution >= 4 is 22.8 Å². The van der Waals surface area contributed by atoms with Crippen LogP contribution in [0.5, 0.6) is 0 Å². The van der Waals surface area contributed by atoms with Crippen LogP contribution < -0.4 is 5.63 Å². The van der Waals surface area contributed by atoms with Gasteiger partial charge in [0.25, 0.3) is 11.8 Å². The van der Waals surface area contributed by atoms with Crippen LogP contribution in [0, 0.1) is 0 Å². The molecule has 0 saturated carbocycles. The highest BCUT2D eigenvalue weighted by Gasteiger charge is 2.28. The fourth-order valence-corrected chi connectivity index (χ4v) is 3.76. The molecular formula is C23H19N5O4. The van der Waals surface area contributed by atoms with Crippen LogP contribution in [0.2, 0.25) is 0 Å². The van der Waals surface area contributed by atoms with Crippen LogP contribution in [0.15, 0.2) is 70.1 Å². The summed E-state index contributed by atoms with van der Waals surface area (Å²) in [5.74, 6) is -0.582. The zero-order valence-corrected chi connectivity index (χ0v) is 17.0. The van der Waals surface area contributed by atoms with Crippen molar-refractivity contribution in [2.24, 2.45) is 0 Å². The van der Waals surface area contributed by atoms with Crippen LogP contribution >= 0.6 is 0 Å². The van der Waals surface area contributed by atoms with Crippen LogP contribution in [0.1, 0.15) is 20.8 Å². The molecule has 0 radical (unpaired) electrons. The SMILES string of the molecule is O=C(c1cc(-c2cccnc2)n[nH]1)N1CCN(C(=O)c2cc3ccccc3oc2=O)CC1. The summed E-state index contributed by atoms with van der Waals surface area (Å²) in [5, 5.41) is 7.67. The topological polar surface area (TPSA) is 112 Å². The number of pyridine rings is 1. The van der Waals surface area contributed by atoms with E-state index in [0.717, 1.165) is 5.56 Å². The van der Waals surface area contributed by atoms with E-state index >= 15 is 0 Å². The Morgan fingerprint density at radius 1 is 0.938 bits per heavy atom. The molecule has 0 unspecified atom stereocenters. The van der Waals surface area contributed by atoms with Gasteiger partial charge in [0.2, 0.25) is 0 Å². The molecule has 0 bridgehead atoms. The molecular weight excluding hydrogens is 410 g/mol. The summed E-state index contributed by atoms with van der Waals surface area (Å²) < 4.78 is 5.28. The third-order valence-electron chi connectivity index (χ3n) is 5.49. The maximum Gasteiger partial charge on any atom is 0.349 e. The van der Waals surface area contributed by atoms with E-state index in [9.17, 15) is 14.4 Å². The van der Waals surface area contributed by atoms with E-state index in [0.29, 0.717) is 48.5 Å². The quantitative estimate of drug-likeness (QED) is 0.500. The Balaban J connectivity index is 1.27. The predicted octanol–water partition coefficient (Wildman–Crippen LogP) is 2.18. The molecule has 3 aromatic heterocycles. The standard InChI is InChI=1S/C23H19N5O4/c29-21(17-12-15-4-1-2-6-20(15)32-23(17)31)27-8-10-28(11-9-27)22(30)19-13-18(25-26-19)16-5-3-7-24-14-16/h1-7,12-14H,8-11H2,(H,25,26). The van der Waals surface area contributed by atoms with Crippen LogP contribution in [0.4, 0.5) is 0 Å². The number of fused-ring (bicyclic) bond motifs is 1. The molecule has 2 amide bonds. The Bertz CT molecular complexity index is 1350. The average molecular weight is 429 g/mol. The lowest BCUT2D eigenvalue weighted by molar-refractivity contribution is 0.0530. The third kappa shape index (κ3) is 3.64. The number of aromatic amines is 1. The van der Waals surface area contributed by atoms with E-state index in [1.807, 2.05) is 12.1 Å². The van der Waals surface area contributed by atoms with E-state index in [1.54, 1.807) is 58.6 Å². The zero-order chi connectivity index (χ0) is 22.1. The largest absolute Gasteiger partial charge is 0.422 e. The van der Waals surface area contributed by atoms with Crippen molar-refractivity contribution in [1.29, 1.82) is 0 Å². The first kappa shape index (κ1) is 19.7. The van der Waals surface area contributed by atoms with E-state index in [4.69, 9.17) is 4.42 Å². The molecule has 1 N–H and O–H groups in total. The second kappa shape index (κ2) is 8.10. The Morgan fingerprint density at radius 2 is 1.69 bits per heavy atom. The monoisotopic (exact) mass is 429 g/mol. The number of rotatable bonds is 3. The fourth-order valence-electron chi connectivity index (χ4n) is 3.76. The summed E-state index contributed by atoms with van der Waals surface area (Å²) in [6.45, 7) is 1.34. The first-order valence-electron chi connectivity index (χ1n) is 10.2.